The summed E-state index contributed by atoms with van der Waals surface area (Å²) in [4.78, 5) is 12.7. The average Bonchev–Trinajstić information content (AvgIpc) is 3.18. The molecule has 0 aliphatic heterocycles. The van der Waals surface area contributed by atoms with Gasteiger partial charge in [0.1, 0.15) is 5.54 Å². The van der Waals surface area contributed by atoms with Gasteiger partial charge in [-0.3, -0.25) is 4.79 Å². The van der Waals surface area contributed by atoms with Crippen molar-refractivity contribution in [2.75, 3.05) is 7.05 Å². The Morgan fingerprint density at radius 3 is 1.91 bits per heavy atom. The highest BCUT2D eigenvalue weighted by atomic mass is 16.4. The fraction of sp³-hybridized carbons (Fsp3) is 0.393. The Bertz CT molecular complexity index is 1250. The summed E-state index contributed by atoms with van der Waals surface area (Å²) in [5.41, 5.74) is 5.00. The number of likely N-dealkylation sites (N-methyl/N-ethyl adjacent to an activating group) is 1. The van der Waals surface area contributed by atoms with Crippen molar-refractivity contribution in [3.63, 3.8) is 0 Å². The first-order valence-electron chi connectivity index (χ1n) is 11.3. The zero-order chi connectivity index (χ0) is 23.5. The lowest BCUT2D eigenvalue weighted by atomic mass is 9.67. The van der Waals surface area contributed by atoms with Gasteiger partial charge in [0.25, 0.3) is 0 Å². The lowest BCUT2D eigenvalue weighted by molar-refractivity contribution is -0.161. The van der Waals surface area contributed by atoms with Crippen molar-refractivity contribution in [3.05, 3.63) is 65.2 Å². The maximum absolute atomic E-state index is 12.7. The molecule has 0 fully saturated rings. The smallest absolute Gasteiger partial charge is 0.326 e. The number of hydrogen-bond acceptors (Lipinski definition) is 3. The average molecular weight is 431 g/mol. The van der Waals surface area contributed by atoms with E-state index in [0.29, 0.717) is 0 Å². The second kappa shape index (κ2) is 7.43. The minimum Gasteiger partial charge on any atom is -0.480 e. The summed E-state index contributed by atoms with van der Waals surface area (Å²) in [6.07, 6.45) is 3.00. The largest absolute Gasteiger partial charge is 0.480 e. The van der Waals surface area contributed by atoms with Crippen LogP contribution in [0.2, 0.25) is 0 Å². The highest BCUT2D eigenvalue weighted by Gasteiger charge is 2.53. The molecule has 3 aromatic rings. The van der Waals surface area contributed by atoms with Crippen LogP contribution in [0.1, 0.15) is 52.7 Å². The van der Waals surface area contributed by atoms with Gasteiger partial charge in [0.15, 0.2) is 0 Å². The number of carboxylic acids is 1. The molecule has 0 saturated heterocycles. The predicted octanol–water partition coefficient (Wildman–Crippen LogP) is 6.04. The molecule has 1 aliphatic rings. The first-order chi connectivity index (χ1) is 14.9. The fourth-order valence-corrected chi connectivity index (χ4v) is 5.17. The quantitative estimate of drug-likeness (QED) is 0.383. The van der Waals surface area contributed by atoms with Gasteiger partial charge in [0.2, 0.25) is 0 Å². The summed E-state index contributed by atoms with van der Waals surface area (Å²) in [7, 11) is 1.84. The molecule has 0 heterocycles. The van der Waals surface area contributed by atoms with Crippen LogP contribution in [0, 0.1) is 5.41 Å². The molecule has 4 heteroatoms. The molecule has 0 bridgehead atoms. The lowest BCUT2D eigenvalue weighted by Crippen LogP contribution is -2.67. The van der Waals surface area contributed by atoms with Crippen LogP contribution in [-0.2, 0) is 11.2 Å². The van der Waals surface area contributed by atoms with Crippen molar-refractivity contribution in [1.29, 1.82) is 0 Å². The van der Waals surface area contributed by atoms with Crippen LogP contribution in [0.5, 0.6) is 0 Å². The number of nitrogens with one attached hydrogen (secondary N) is 1. The van der Waals surface area contributed by atoms with Gasteiger partial charge in [-0.25, -0.2) is 10.4 Å². The predicted molar refractivity (Wildman–Crippen MR) is 134 cm³/mol. The number of carboxylic acid groups (broad SMARTS) is 1. The Labute approximate surface area is 190 Å². The number of hydrogen-bond donors (Lipinski definition) is 2. The highest BCUT2D eigenvalue weighted by Crippen LogP contribution is 2.49. The second-order valence-electron chi connectivity index (χ2n) is 10.8. The number of hydrazine groups is 1. The zero-order valence-electron chi connectivity index (χ0n) is 20.2. The van der Waals surface area contributed by atoms with E-state index in [4.69, 9.17) is 0 Å². The minimum absolute atomic E-state index is 0.249. The molecule has 0 spiro atoms. The van der Waals surface area contributed by atoms with Crippen LogP contribution in [0.4, 0.5) is 0 Å². The third-order valence-corrected chi connectivity index (χ3v) is 7.38. The molecule has 168 valence electrons. The van der Waals surface area contributed by atoms with E-state index < -0.39 is 16.9 Å². The van der Waals surface area contributed by atoms with E-state index in [1.165, 1.54) is 32.7 Å². The number of benzene rings is 3. The van der Waals surface area contributed by atoms with Gasteiger partial charge in [0.05, 0.1) is 0 Å². The summed E-state index contributed by atoms with van der Waals surface area (Å²) in [6, 6.07) is 17.1. The number of fused-ring (bicyclic) bond motifs is 6. The van der Waals surface area contributed by atoms with E-state index in [0.717, 1.165) is 12.0 Å². The molecule has 2 N–H and O–H groups in total. The zero-order valence-corrected chi connectivity index (χ0v) is 20.2. The molecule has 1 unspecified atom stereocenters. The second-order valence-corrected chi connectivity index (χ2v) is 10.8. The van der Waals surface area contributed by atoms with E-state index in [-0.39, 0.29) is 5.54 Å². The third-order valence-electron chi connectivity index (χ3n) is 7.38. The van der Waals surface area contributed by atoms with Gasteiger partial charge in [-0.1, -0.05) is 74.0 Å². The molecule has 0 aromatic heterocycles. The molecule has 0 radical (unpaired) electrons. The Morgan fingerprint density at radius 2 is 1.38 bits per heavy atom. The molecule has 1 atom stereocenters. The Kier molecular flexibility index (Phi) is 5.22. The van der Waals surface area contributed by atoms with Crippen molar-refractivity contribution in [1.82, 2.24) is 10.4 Å². The van der Waals surface area contributed by atoms with Gasteiger partial charge in [0, 0.05) is 18.0 Å². The fourth-order valence-electron chi connectivity index (χ4n) is 5.17. The maximum atomic E-state index is 12.7. The number of aliphatic carboxylic acids is 1. The standard InChI is InChI=1S/C28H34N2O2/c1-26(2,3)29-30(7)28(6,25(31)32)27(4,5)18-16-23-21-14-10-8-12-19(21)20-13-9-11-15-22(20)24(23)17-18/h8-16,29H,17H2,1-7H3,(H,31,32). The van der Waals surface area contributed by atoms with E-state index in [1.54, 1.807) is 5.01 Å². The molecule has 0 amide bonds. The van der Waals surface area contributed by atoms with E-state index in [1.807, 2.05) is 34.7 Å². The SMILES string of the molecule is CN(NC(C)(C)C)C(C)(C(=O)O)C(C)(C)C1=Cc2c(c3ccccc3c3ccccc23)C1. The molecule has 0 saturated carbocycles. The molecule has 32 heavy (non-hydrogen) atoms. The summed E-state index contributed by atoms with van der Waals surface area (Å²) in [5.74, 6) is -0.840. The van der Waals surface area contributed by atoms with E-state index in [2.05, 4.69) is 73.9 Å². The molecular formula is C28H34N2O2. The van der Waals surface area contributed by atoms with Crippen molar-refractivity contribution in [3.8, 4) is 0 Å². The molecule has 3 aromatic carbocycles. The number of rotatable bonds is 5. The van der Waals surface area contributed by atoms with Crippen LogP contribution in [0.3, 0.4) is 0 Å². The summed E-state index contributed by atoms with van der Waals surface area (Å²) in [5, 5.41) is 17.2. The normalized spacial score (nSPS) is 16.3. The third kappa shape index (κ3) is 3.33. The molecular weight excluding hydrogens is 396 g/mol. The van der Waals surface area contributed by atoms with E-state index in [9.17, 15) is 9.90 Å². The summed E-state index contributed by atoms with van der Waals surface area (Å²) < 4.78 is 0. The van der Waals surface area contributed by atoms with Crippen LogP contribution >= 0.6 is 0 Å². The van der Waals surface area contributed by atoms with E-state index >= 15 is 0 Å². The molecule has 4 rings (SSSR count). The van der Waals surface area contributed by atoms with Crippen molar-refractivity contribution in [2.45, 2.75) is 59.0 Å². The van der Waals surface area contributed by atoms with Crippen molar-refractivity contribution in [2.24, 2.45) is 5.41 Å². The monoisotopic (exact) mass is 430 g/mol. The van der Waals surface area contributed by atoms with Crippen LogP contribution < -0.4 is 5.43 Å². The Balaban J connectivity index is 1.88. The highest BCUT2D eigenvalue weighted by molar-refractivity contribution is 6.13. The van der Waals surface area contributed by atoms with Crippen LogP contribution in [-0.4, -0.2) is 34.2 Å². The minimum atomic E-state index is -1.15. The molecule has 4 nitrogen and oxygen atoms in total. The Morgan fingerprint density at radius 1 is 0.875 bits per heavy atom. The Hall–Kier alpha value is -2.69. The topological polar surface area (TPSA) is 52.6 Å². The van der Waals surface area contributed by atoms with Gasteiger partial charge in [-0.15, -0.1) is 0 Å². The van der Waals surface area contributed by atoms with Crippen LogP contribution in [0.15, 0.2) is 54.1 Å². The number of nitrogens with zero attached hydrogens (tertiary/aromatic N) is 1. The van der Waals surface area contributed by atoms with Gasteiger partial charge >= 0.3 is 5.97 Å². The maximum Gasteiger partial charge on any atom is 0.326 e. The van der Waals surface area contributed by atoms with Crippen LogP contribution in [0.25, 0.3) is 27.6 Å². The van der Waals surface area contributed by atoms with Crippen molar-refractivity contribution >= 4 is 33.6 Å². The van der Waals surface area contributed by atoms with Crippen molar-refractivity contribution < 1.29 is 9.90 Å². The van der Waals surface area contributed by atoms with Gasteiger partial charge in [-0.2, -0.15) is 0 Å². The lowest BCUT2D eigenvalue weighted by Gasteiger charge is -2.49. The van der Waals surface area contributed by atoms with Gasteiger partial charge in [-0.05, 0) is 66.8 Å². The van der Waals surface area contributed by atoms with Gasteiger partial charge < -0.3 is 5.11 Å². The summed E-state index contributed by atoms with van der Waals surface area (Å²) >= 11 is 0. The molecule has 1 aliphatic carbocycles. The number of carbonyl (C=O) groups is 1. The summed E-state index contributed by atoms with van der Waals surface area (Å²) in [6.45, 7) is 12.1. The first-order valence-corrected chi connectivity index (χ1v) is 11.3. The first kappa shape index (κ1) is 22.5.